The number of rotatable bonds is 6. The van der Waals surface area contributed by atoms with Gasteiger partial charge >= 0.3 is 0 Å². The van der Waals surface area contributed by atoms with Crippen molar-refractivity contribution < 1.29 is 8.42 Å². The summed E-state index contributed by atoms with van der Waals surface area (Å²) in [5.41, 5.74) is 1.84. The first-order valence-electron chi connectivity index (χ1n) is 8.58. The molecule has 28 heavy (non-hydrogen) atoms. The summed E-state index contributed by atoms with van der Waals surface area (Å²) in [7, 11) is 1.27. The highest BCUT2D eigenvalue weighted by atomic mass is 35.5. The Balaban J connectivity index is 2.00. The van der Waals surface area contributed by atoms with E-state index in [4.69, 9.17) is 23.2 Å². The van der Waals surface area contributed by atoms with Crippen molar-refractivity contribution >= 4 is 39.2 Å². The minimum Gasteiger partial charge on any atom is -0.352 e. The molecule has 0 aliphatic rings. The van der Waals surface area contributed by atoms with Crippen LogP contribution in [0.5, 0.6) is 0 Å². The fraction of sp³-hybridized carbons (Fsp3) is 0.316. The zero-order valence-corrected chi connectivity index (χ0v) is 18.5. The summed E-state index contributed by atoms with van der Waals surface area (Å²) < 4.78 is 25.4. The molecule has 0 bridgehead atoms. The standard InChI is InChI=1S/C19H24Cl2N4O2S/c1-13(17-10-7-15(20)11-18(17)21)24-19(22-2)23-12-14-5-8-16(9-6-14)28(26,27)25(3)4/h5-11,13H,12H2,1-4H3,(H2,22,23,24). The third-order valence-electron chi connectivity index (χ3n) is 4.17. The van der Waals surface area contributed by atoms with Gasteiger partial charge in [0.05, 0.1) is 10.9 Å². The Bertz CT molecular complexity index is 945. The van der Waals surface area contributed by atoms with Gasteiger partial charge in [0.15, 0.2) is 5.96 Å². The van der Waals surface area contributed by atoms with Gasteiger partial charge in [-0.3, -0.25) is 4.99 Å². The second-order valence-electron chi connectivity index (χ2n) is 6.39. The van der Waals surface area contributed by atoms with E-state index in [-0.39, 0.29) is 10.9 Å². The van der Waals surface area contributed by atoms with E-state index in [0.29, 0.717) is 22.5 Å². The Kier molecular flexibility index (Phi) is 7.71. The van der Waals surface area contributed by atoms with E-state index in [2.05, 4.69) is 15.6 Å². The van der Waals surface area contributed by atoms with Gasteiger partial charge < -0.3 is 10.6 Å². The minimum atomic E-state index is -3.43. The summed E-state index contributed by atoms with van der Waals surface area (Å²) in [4.78, 5) is 4.48. The fourth-order valence-electron chi connectivity index (χ4n) is 2.51. The van der Waals surface area contributed by atoms with E-state index >= 15 is 0 Å². The van der Waals surface area contributed by atoms with Gasteiger partial charge in [0.1, 0.15) is 0 Å². The maximum absolute atomic E-state index is 12.1. The summed E-state index contributed by atoms with van der Waals surface area (Å²) in [5, 5.41) is 7.65. The average Bonchev–Trinajstić information content (AvgIpc) is 2.65. The second-order valence-corrected chi connectivity index (χ2v) is 9.38. The Morgan fingerprint density at radius 3 is 2.32 bits per heavy atom. The molecule has 0 aromatic heterocycles. The summed E-state index contributed by atoms with van der Waals surface area (Å²) >= 11 is 12.2. The van der Waals surface area contributed by atoms with Crippen LogP contribution < -0.4 is 10.6 Å². The monoisotopic (exact) mass is 442 g/mol. The molecule has 0 amide bonds. The van der Waals surface area contributed by atoms with Gasteiger partial charge in [0.2, 0.25) is 10.0 Å². The van der Waals surface area contributed by atoms with Crippen LogP contribution in [0, 0.1) is 0 Å². The van der Waals surface area contributed by atoms with Crippen LogP contribution in [0.3, 0.4) is 0 Å². The lowest BCUT2D eigenvalue weighted by atomic mass is 10.1. The molecule has 9 heteroatoms. The van der Waals surface area contributed by atoms with Crippen LogP contribution in [-0.2, 0) is 16.6 Å². The molecule has 0 heterocycles. The third kappa shape index (κ3) is 5.61. The first kappa shape index (κ1) is 22.5. The van der Waals surface area contributed by atoms with E-state index in [1.165, 1.54) is 18.4 Å². The molecular formula is C19H24Cl2N4O2S. The summed E-state index contributed by atoms with van der Waals surface area (Å²) in [6.07, 6.45) is 0. The number of hydrogen-bond donors (Lipinski definition) is 2. The number of nitrogens with one attached hydrogen (secondary N) is 2. The average molecular weight is 443 g/mol. The maximum atomic E-state index is 12.1. The predicted molar refractivity (Wildman–Crippen MR) is 116 cm³/mol. The van der Waals surface area contributed by atoms with Crippen LogP contribution in [-0.4, -0.2) is 39.8 Å². The highest BCUT2D eigenvalue weighted by Gasteiger charge is 2.16. The van der Waals surface area contributed by atoms with Crippen molar-refractivity contribution in [1.82, 2.24) is 14.9 Å². The first-order chi connectivity index (χ1) is 13.1. The zero-order chi connectivity index (χ0) is 20.9. The largest absolute Gasteiger partial charge is 0.352 e. The van der Waals surface area contributed by atoms with Crippen molar-refractivity contribution in [3.05, 3.63) is 63.6 Å². The van der Waals surface area contributed by atoms with Crippen LogP contribution in [0.4, 0.5) is 0 Å². The molecule has 0 aliphatic carbocycles. The number of aliphatic imine (C=N–C) groups is 1. The number of guanidine groups is 1. The minimum absolute atomic E-state index is 0.0800. The van der Waals surface area contributed by atoms with Crippen molar-refractivity contribution in [2.24, 2.45) is 4.99 Å². The molecule has 0 saturated carbocycles. The highest BCUT2D eigenvalue weighted by Crippen LogP contribution is 2.26. The Morgan fingerprint density at radius 1 is 1.14 bits per heavy atom. The molecule has 2 N–H and O–H groups in total. The number of benzene rings is 2. The molecular weight excluding hydrogens is 419 g/mol. The van der Waals surface area contributed by atoms with Crippen molar-refractivity contribution in [2.45, 2.75) is 24.4 Å². The Morgan fingerprint density at radius 2 is 1.79 bits per heavy atom. The molecule has 0 fully saturated rings. The van der Waals surface area contributed by atoms with Crippen molar-refractivity contribution in [3.63, 3.8) is 0 Å². The number of sulfonamides is 1. The molecule has 0 saturated heterocycles. The predicted octanol–water partition coefficient (Wildman–Crippen LogP) is 3.67. The molecule has 2 rings (SSSR count). The third-order valence-corrected chi connectivity index (χ3v) is 6.56. The number of halogens is 2. The molecule has 2 aromatic carbocycles. The van der Waals surface area contributed by atoms with Crippen molar-refractivity contribution in [1.29, 1.82) is 0 Å². The molecule has 0 aliphatic heterocycles. The molecule has 1 unspecified atom stereocenters. The van der Waals surface area contributed by atoms with Gasteiger partial charge in [-0.1, -0.05) is 41.4 Å². The molecule has 0 spiro atoms. The van der Waals surface area contributed by atoms with Crippen molar-refractivity contribution in [3.8, 4) is 0 Å². The second kappa shape index (κ2) is 9.60. The highest BCUT2D eigenvalue weighted by molar-refractivity contribution is 7.89. The lowest BCUT2D eigenvalue weighted by Crippen LogP contribution is -2.38. The number of nitrogens with zero attached hydrogens (tertiary/aromatic N) is 2. The van der Waals surface area contributed by atoms with Crippen LogP contribution in [0.15, 0.2) is 52.4 Å². The molecule has 6 nitrogen and oxygen atoms in total. The van der Waals surface area contributed by atoms with Crippen LogP contribution in [0.1, 0.15) is 24.1 Å². The molecule has 2 aromatic rings. The van der Waals surface area contributed by atoms with Crippen LogP contribution >= 0.6 is 23.2 Å². The fourth-order valence-corrected chi connectivity index (χ4v) is 3.98. The van der Waals surface area contributed by atoms with E-state index in [9.17, 15) is 8.42 Å². The van der Waals surface area contributed by atoms with E-state index < -0.39 is 10.0 Å². The van der Waals surface area contributed by atoms with Crippen molar-refractivity contribution in [2.75, 3.05) is 21.1 Å². The lowest BCUT2D eigenvalue weighted by Gasteiger charge is -2.19. The van der Waals surface area contributed by atoms with Gasteiger partial charge in [-0.25, -0.2) is 12.7 Å². The SMILES string of the molecule is CN=C(NCc1ccc(S(=O)(=O)N(C)C)cc1)NC(C)c1ccc(Cl)cc1Cl. The molecule has 0 radical (unpaired) electrons. The Hall–Kier alpha value is -1.80. The zero-order valence-electron chi connectivity index (χ0n) is 16.2. The summed E-state index contributed by atoms with van der Waals surface area (Å²) in [6.45, 7) is 2.46. The van der Waals surface area contributed by atoms with E-state index in [0.717, 1.165) is 11.1 Å². The molecule has 152 valence electrons. The number of hydrogen-bond acceptors (Lipinski definition) is 3. The quantitative estimate of drug-likeness (QED) is 0.528. The first-order valence-corrected chi connectivity index (χ1v) is 10.8. The summed E-state index contributed by atoms with van der Waals surface area (Å²) in [5.74, 6) is 0.600. The van der Waals surface area contributed by atoms with Crippen LogP contribution in [0.25, 0.3) is 0 Å². The van der Waals surface area contributed by atoms with Crippen LogP contribution in [0.2, 0.25) is 10.0 Å². The maximum Gasteiger partial charge on any atom is 0.242 e. The Labute approximate surface area is 176 Å². The lowest BCUT2D eigenvalue weighted by molar-refractivity contribution is 0.520. The smallest absolute Gasteiger partial charge is 0.242 e. The van der Waals surface area contributed by atoms with Gasteiger partial charge in [-0.05, 0) is 42.3 Å². The van der Waals surface area contributed by atoms with E-state index in [1.54, 1.807) is 43.4 Å². The summed E-state index contributed by atoms with van der Waals surface area (Å²) in [6, 6.07) is 12.0. The molecule has 1 atom stereocenters. The van der Waals surface area contributed by atoms with Gasteiger partial charge in [0.25, 0.3) is 0 Å². The van der Waals surface area contributed by atoms with Gasteiger partial charge in [0, 0.05) is 37.7 Å². The van der Waals surface area contributed by atoms with Gasteiger partial charge in [-0.15, -0.1) is 0 Å². The normalized spacial score (nSPS) is 13.5. The topological polar surface area (TPSA) is 73.8 Å². The van der Waals surface area contributed by atoms with Gasteiger partial charge in [-0.2, -0.15) is 0 Å². The van der Waals surface area contributed by atoms with E-state index in [1.807, 2.05) is 13.0 Å².